The molecule has 0 heterocycles. The maximum absolute atomic E-state index is 12.0. The van der Waals surface area contributed by atoms with E-state index in [1.54, 1.807) is 13.8 Å². The van der Waals surface area contributed by atoms with E-state index in [-0.39, 0.29) is 18.5 Å². The number of carbonyl (C=O) groups is 2. The van der Waals surface area contributed by atoms with Gasteiger partial charge in [0.25, 0.3) is 0 Å². The number of hydrogen-bond donors (Lipinski definition) is 2. The molecule has 1 aliphatic rings. The van der Waals surface area contributed by atoms with Gasteiger partial charge in [0, 0.05) is 6.54 Å². The second-order valence-corrected chi connectivity index (χ2v) is 5.04. The summed E-state index contributed by atoms with van der Waals surface area (Å²) in [6.45, 7) is 4.34. The van der Waals surface area contributed by atoms with Crippen LogP contribution < -0.4 is 5.32 Å². The van der Waals surface area contributed by atoms with Gasteiger partial charge in [-0.25, -0.2) is 9.59 Å². The van der Waals surface area contributed by atoms with Crippen molar-refractivity contribution in [3.8, 4) is 12.3 Å². The normalized spacial score (nSPS) is 15.9. The summed E-state index contributed by atoms with van der Waals surface area (Å²) in [5.41, 5.74) is 0. The number of hydrogen-bond acceptors (Lipinski definition) is 2. The average Bonchev–Trinajstić information content (AvgIpc) is 3.07. The molecule has 0 aromatic heterocycles. The maximum Gasteiger partial charge on any atom is 0.326 e. The fourth-order valence-electron chi connectivity index (χ4n) is 1.68. The molecule has 0 aliphatic heterocycles. The molecule has 0 spiro atoms. The molecule has 5 heteroatoms. The number of carboxylic acid groups (broad SMARTS) is 1. The number of amides is 2. The van der Waals surface area contributed by atoms with Gasteiger partial charge in [0.05, 0.1) is 6.54 Å². The molecule has 0 aromatic rings. The van der Waals surface area contributed by atoms with E-state index in [9.17, 15) is 9.59 Å². The standard InChI is InChI=1S/C13H20N2O3/c1-4-7-15(8-10-5-6-10)13(18)14-11(9(2)3)12(16)17/h1,9-11H,5-8H2,2-3H3,(H,14,18)(H,16,17)/t11-/m0/s1. The Morgan fingerprint density at radius 3 is 2.50 bits per heavy atom. The van der Waals surface area contributed by atoms with Crippen LogP contribution in [0, 0.1) is 24.2 Å². The molecule has 1 saturated carbocycles. The molecule has 0 bridgehead atoms. The Bertz CT molecular complexity index is 356. The van der Waals surface area contributed by atoms with Crippen LogP contribution in [0.1, 0.15) is 26.7 Å². The Labute approximate surface area is 108 Å². The second kappa shape index (κ2) is 6.29. The monoisotopic (exact) mass is 252 g/mol. The van der Waals surface area contributed by atoms with Crippen LogP contribution in [-0.2, 0) is 4.79 Å². The van der Waals surface area contributed by atoms with Crippen LogP contribution in [0.3, 0.4) is 0 Å². The maximum atomic E-state index is 12.0. The highest BCUT2D eigenvalue weighted by Crippen LogP contribution is 2.29. The lowest BCUT2D eigenvalue weighted by molar-refractivity contribution is -0.140. The predicted molar refractivity (Wildman–Crippen MR) is 67.9 cm³/mol. The largest absolute Gasteiger partial charge is 0.480 e. The van der Waals surface area contributed by atoms with Crippen molar-refractivity contribution >= 4 is 12.0 Å². The number of terminal acetylenes is 1. The summed E-state index contributed by atoms with van der Waals surface area (Å²) in [6.07, 6.45) is 7.45. The lowest BCUT2D eigenvalue weighted by Crippen LogP contribution is -2.50. The molecule has 1 atom stereocenters. The topological polar surface area (TPSA) is 69.6 Å². The summed E-state index contributed by atoms with van der Waals surface area (Å²) in [4.78, 5) is 24.5. The molecule has 0 unspecified atom stereocenters. The van der Waals surface area contributed by atoms with Crippen molar-refractivity contribution in [2.75, 3.05) is 13.1 Å². The lowest BCUT2D eigenvalue weighted by atomic mass is 10.1. The van der Waals surface area contributed by atoms with Crippen LogP contribution in [0.25, 0.3) is 0 Å². The zero-order valence-corrected chi connectivity index (χ0v) is 10.8. The van der Waals surface area contributed by atoms with Crippen molar-refractivity contribution in [3.05, 3.63) is 0 Å². The van der Waals surface area contributed by atoms with E-state index < -0.39 is 12.0 Å². The molecule has 0 radical (unpaired) electrons. The zero-order chi connectivity index (χ0) is 13.7. The molecule has 1 aliphatic carbocycles. The Balaban J connectivity index is 2.58. The summed E-state index contributed by atoms with van der Waals surface area (Å²) >= 11 is 0. The number of carboxylic acids is 1. The van der Waals surface area contributed by atoms with E-state index in [1.807, 2.05) is 0 Å². The minimum absolute atomic E-state index is 0.167. The van der Waals surface area contributed by atoms with Gasteiger partial charge in [-0.3, -0.25) is 0 Å². The van der Waals surface area contributed by atoms with Gasteiger partial charge in [-0.05, 0) is 24.7 Å². The first-order valence-corrected chi connectivity index (χ1v) is 6.17. The molecule has 2 amide bonds. The van der Waals surface area contributed by atoms with Gasteiger partial charge in [0.1, 0.15) is 6.04 Å². The van der Waals surface area contributed by atoms with E-state index in [0.29, 0.717) is 12.5 Å². The van der Waals surface area contributed by atoms with Gasteiger partial charge in [-0.15, -0.1) is 6.42 Å². The molecule has 100 valence electrons. The number of carbonyl (C=O) groups excluding carboxylic acids is 1. The fraction of sp³-hybridized carbons (Fsp3) is 0.692. The molecule has 1 fully saturated rings. The fourth-order valence-corrected chi connectivity index (χ4v) is 1.68. The lowest BCUT2D eigenvalue weighted by Gasteiger charge is -2.25. The summed E-state index contributed by atoms with van der Waals surface area (Å²) in [5, 5.41) is 11.6. The van der Waals surface area contributed by atoms with E-state index in [1.165, 1.54) is 4.90 Å². The smallest absolute Gasteiger partial charge is 0.326 e. The minimum atomic E-state index is -1.02. The van der Waals surface area contributed by atoms with Crippen molar-refractivity contribution in [1.29, 1.82) is 0 Å². The van der Waals surface area contributed by atoms with Crippen LogP contribution >= 0.6 is 0 Å². The van der Waals surface area contributed by atoms with Crippen LogP contribution in [0.5, 0.6) is 0 Å². The van der Waals surface area contributed by atoms with E-state index >= 15 is 0 Å². The Morgan fingerprint density at radius 2 is 2.11 bits per heavy atom. The van der Waals surface area contributed by atoms with Crippen molar-refractivity contribution in [3.63, 3.8) is 0 Å². The summed E-state index contributed by atoms with van der Waals surface area (Å²) in [7, 11) is 0. The van der Waals surface area contributed by atoms with Gasteiger partial charge in [-0.2, -0.15) is 0 Å². The predicted octanol–water partition coefficient (Wildman–Crippen LogP) is 1.15. The summed E-state index contributed by atoms with van der Waals surface area (Å²) in [6, 6.07) is -1.27. The number of urea groups is 1. The third-order valence-corrected chi connectivity index (χ3v) is 2.96. The molecular formula is C13H20N2O3. The highest BCUT2D eigenvalue weighted by Gasteiger charge is 2.29. The average molecular weight is 252 g/mol. The van der Waals surface area contributed by atoms with Crippen LogP contribution in [-0.4, -0.2) is 41.1 Å². The van der Waals surface area contributed by atoms with E-state index in [2.05, 4.69) is 11.2 Å². The van der Waals surface area contributed by atoms with Crippen molar-refractivity contribution in [2.45, 2.75) is 32.7 Å². The third kappa shape index (κ3) is 4.28. The molecule has 0 aromatic carbocycles. The molecule has 5 nitrogen and oxygen atoms in total. The first-order valence-electron chi connectivity index (χ1n) is 6.17. The van der Waals surface area contributed by atoms with Crippen LogP contribution in [0.4, 0.5) is 4.79 Å². The quantitative estimate of drug-likeness (QED) is 0.697. The minimum Gasteiger partial charge on any atom is -0.480 e. The SMILES string of the molecule is C#CCN(CC1CC1)C(=O)N[C@H](C(=O)O)C(C)C. The number of aliphatic carboxylic acids is 1. The molecule has 1 rings (SSSR count). The molecular weight excluding hydrogens is 232 g/mol. The van der Waals surface area contributed by atoms with Crippen LogP contribution in [0.15, 0.2) is 0 Å². The number of nitrogens with zero attached hydrogens (tertiary/aromatic N) is 1. The first kappa shape index (κ1) is 14.4. The van der Waals surface area contributed by atoms with Crippen molar-refractivity contribution in [1.82, 2.24) is 10.2 Å². The summed E-state index contributed by atoms with van der Waals surface area (Å²) in [5.74, 6) is 1.76. The molecule has 2 N–H and O–H groups in total. The van der Waals surface area contributed by atoms with Gasteiger partial charge in [-0.1, -0.05) is 19.8 Å². The Kier molecular flexibility index (Phi) is 5.02. The molecule has 18 heavy (non-hydrogen) atoms. The van der Waals surface area contributed by atoms with Gasteiger partial charge < -0.3 is 15.3 Å². The zero-order valence-electron chi connectivity index (χ0n) is 10.8. The van der Waals surface area contributed by atoms with Gasteiger partial charge >= 0.3 is 12.0 Å². The van der Waals surface area contributed by atoms with E-state index in [4.69, 9.17) is 11.5 Å². The van der Waals surface area contributed by atoms with E-state index in [0.717, 1.165) is 12.8 Å². The Morgan fingerprint density at radius 1 is 1.50 bits per heavy atom. The molecule has 0 saturated heterocycles. The number of nitrogens with one attached hydrogen (secondary N) is 1. The van der Waals surface area contributed by atoms with Crippen LogP contribution in [0.2, 0.25) is 0 Å². The highest BCUT2D eigenvalue weighted by molar-refractivity contribution is 5.82. The second-order valence-electron chi connectivity index (χ2n) is 5.04. The first-order chi connectivity index (χ1) is 8.45. The van der Waals surface area contributed by atoms with Crippen molar-refractivity contribution in [2.24, 2.45) is 11.8 Å². The third-order valence-electron chi connectivity index (χ3n) is 2.96. The summed E-state index contributed by atoms with van der Waals surface area (Å²) < 4.78 is 0. The van der Waals surface area contributed by atoms with Crippen molar-refractivity contribution < 1.29 is 14.7 Å². The van der Waals surface area contributed by atoms with Gasteiger partial charge in [0.2, 0.25) is 0 Å². The highest BCUT2D eigenvalue weighted by atomic mass is 16.4. The van der Waals surface area contributed by atoms with Gasteiger partial charge in [0.15, 0.2) is 0 Å². The number of rotatable bonds is 6. The Hall–Kier alpha value is -1.70.